The molecule has 180 valence electrons. The Kier molecular flexibility index (Phi) is 5.90. The lowest BCUT2D eigenvalue weighted by atomic mass is 9.98. The SMILES string of the molecule is CC(C)n1nnc2cc(S(=O)(=O)N3CCC[C@@H](C(=O)NCc4ccc5c(c4)OCO5)C3)ccc21. The molecule has 0 bridgehead atoms. The number of sulfonamides is 1. The van der Waals surface area contributed by atoms with Crippen molar-refractivity contribution in [1.29, 1.82) is 0 Å². The van der Waals surface area contributed by atoms with Crippen molar-refractivity contribution in [2.24, 2.45) is 5.92 Å². The van der Waals surface area contributed by atoms with E-state index in [2.05, 4.69) is 15.6 Å². The Bertz CT molecular complexity index is 1340. The molecule has 1 fully saturated rings. The summed E-state index contributed by atoms with van der Waals surface area (Å²) in [6.45, 7) is 5.03. The van der Waals surface area contributed by atoms with Gasteiger partial charge in [0.2, 0.25) is 22.7 Å². The predicted molar refractivity (Wildman–Crippen MR) is 124 cm³/mol. The van der Waals surface area contributed by atoms with E-state index >= 15 is 0 Å². The van der Waals surface area contributed by atoms with Gasteiger partial charge in [-0.05, 0) is 62.6 Å². The Hall–Kier alpha value is -3.18. The van der Waals surface area contributed by atoms with Gasteiger partial charge in [0.25, 0.3) is 0 Å². The number of carbonyl (C=O) groups excluding carboxylic acids is 1. The second-order valence-corrected chi connectivity index (χ2v) is 10.8. The van der Waals surface area contributed by atoms with E-state index in [9.17, 15) is 13.2 Å². The maximum Gasteiger partial charge on any atom is 0.243 e. The van der Waals surface area contributed by atoms with E-state index < -0.39 is 15.9 Å². The van der Waals surface area contributed by atoms with Crippen LogP contribution >= 0.6 is 0 Å². The lowest BCUT2D eigenvalue weighted by Crippen LogP contribution is -2.45. The van der Waals surface area contributed by atoms with Crippen LogP contribution in [-0.2, 0) is 21.4 Å². The van der Waals surface area contributed by atoms with E-state index in [0.717, 1.165) is 11.1 Å². The van der Waals surface area contributed by atoms with Gasteiger partial charge in [0.05, 0.1) is 16.3 Å². The van der Waals surface area contributed by atoms with Crippen molar-refractivity contribution in [2.75, 3.05) is 19.9 Å². The molecular formula is C23H27N5O5S. The molecule has 2 aromatic carbocycles. The van der Waals surface area contributed by atoms with Crippen LogP contribution in [0.3, 0.4) is 0 Å². The van der Waals surface area contributed by atoms with Gasteiger partial charge in [0, 0.05) is 25.7 Å². The molecule has 3 aromatic rings. The zero-order valence-corrected chi connectivity index (χ0v) is 19.9. The van der Waals surface area contributed by atoms with E-state index in [0.29, 0.717) is 42.9 Å². The van der Waals surface area contributed by atoms with Crippen molar-refractivity contribution in [3.63, 3.8) is 0 Å². The fourth-order valence-corrected chi connectivity index (χ4v) is 5.92. The molecule has 1 aromatic heterocycles. The zero-order valence-electron chi connectivity index (χ0n) is 19.1. The quantitative estimate of drug-likeness (QED) is 0.570. The van der Waals surface area contributed by atoms with E-state index in [-0.39, 0.29) is 30.2 Å². The Labute approximate surface area is 197 Å². The maximum absolute atomic E-state index is 13.3. The first-order valence-corrected chi connectivity index (χ1v) is 12.8. The lowest BCUT2D eigenvalue weighted by molar-refractivity contribution is -0.126. The third-order valence-corrected chi connectivity index (χ3v) is 8.09. The number of nitrogens with zero attached hydrogens (tertiary/aromatic N) is 4. The second kappa shape index (κ2) is 8.88. The molecule has 10 nitrogen and oxygen atoms in total. The van der Waals surface area contributed by atoms with Crippen molar-refractivity contribution in [1.82, 2.24) is 24.6 Å². The summed E-state index contributed by atoms with van der Waals surface area (Å²) in [6.07, 6.45) is 1.26. The number of hydrogen-bond donors (Lipinski definition) is 1. The largest absolute Gasteiger partial charge is 0.454 e. The summed E-state index contributed by atoms with van der Waals surface area (Å²) in [5.41, 5.74) is 2.21. The Morgan fingerprint density at radius 1 is 1.18 bits per heavy atom. The fourth-order valence-electron chi connectivity index (χ4n) is 4.37. The standard InChI is InChI=1S/C23H27N5O5S/c1-15(2)28-20-7-6-18(11-19(20)25-26-28)34(30,31)27-9-3-4-17(13-27)23(29)24-12-16-5-8-21-22(10-16)33-14-32-21/h5-8,10-11,15,17H,3-4,9,12-14H2,1-2H3,(H,24,29)/t17-/m1/s1. The molecule has 0 unspecified atom stereocenters. The second-order valence-electron chi connectivity index (χ2n) is 8.89. The molecule has 34 heavy (non-hydrogen) atoms. The van der Waals surface area contributed by atoms with Gasteiger partial charge in [0.15, 0.2) is 11.5 Å². The van der Waals surface area contributed by atoms with Gasteiger partial charge in [-0.25, -0.2) is 13.1 Å². The molecular weight excluding hydrogens is 458 g/mol. The number of piperidine rings is 1. The average molecular weight is 486 g/mol. The molecule has 0 radical (unpaired) electrons. The number of aromatic nitrogens is 3. The predicted octanol–water partition coefficient (Wildman–Crippen LogP) is 2.46. The van der Waals surface area contributed by atoms with Gasteiger partial charge in [-0.15, -0.1) is 5.10 Å². The smallest absolute Gasteiger partial charge is 0.243 e. The fraction of sp³-hybridized carbons (Fsp3) is 0.435. The summed E-state index contributed by atoms with van der Waals surface area (Å²) >= 11 is 0. The van der Waals surface area contributed by atoms with E-state index in [1.165, 1.54) is 4.31 Å². The molecule has 0 spiro atoms. The van der Waals surface area contributed by atoms with E-state index in [4.69, 9.17) is 9.47 Å². The molecule has 2 aliphatic rings. The minimum atomic E-state index is -3.76. The number of hydrogen-bond acceptors (Lipinski definition) is 7. The number of amides is 1. The number of benzene rings is 2. The molecule has 1 atom stereocenters. The first kappa shape index (κ1) is 22.6. The van der Waals surface area contributed by atoms with Crippen LogP contribution in [0.2, 0.25) is 0 Å². The molecule has 1 saturated heterocycles. The minimum absolute atomic E-state index is 0.117. The van der Waals surface area contributed by atoms with Crippen LogP contribution in [0.4, 0.5) is 0 Å². The van der Waals surface area contributed by atoms with Crippen molar-refractivity contribution in [3.05, 3.63) is 42.0 Å². The minimum Gasteiger partial charge on any atom is -0.454 e. The summed E-state index contributed by atoms with van der Waals surface area (Å²) in [5, 5.41) is 11.2. The topological polar surface area (TPSA) is 116 Å². The van der Waals surface area contributed by atoms with E-state index in [1.807, 2.05) is 32.0 Å². The average Bonchev–Trinajstić information content (AvgIpc) is 3.48. The third-order valence-electron chi connectivity index (χ3n) is 6.23. The highest BCUT2D eigenvalue weighted by atomic mass is 32.2. The number of ether oxygens (including phenoxy) is 2. The van der Waals surface area contributed by atoms with Crippen LogP contribution in [0.1, 0.15) is 38.3 Å². The number of nitrogens with one attached hydrogen (secondary N) is 1. The molecule has 1 amide bonds. The Morgan fingerprint density at radius 2 is 2.00 bits per heavy atom. The van der Waals surface area contributed by atoms with Crippen LogP contribution < -0.4 is 14.8 Å². The molecule has 0 aliphatic carbocycles. The molecule has 1 N–H and O–H groups in total. The van der Waals surface area contributed by atoms with Gasteiger partial charge < -0.3 is 14.8 Å². The van der Waals surface area contributed by atoms with Crippen molar-refractivity contribution >= 4 is 27.0 Å². The third kappa shape index (κ3) is 4.21. The first-order chi connectivity index (χ1) is 16.3. The molecule has 0 saturated carbocycles. The summed E-state index contributed by atoms with van der Waals surface area (Å²) < 4.78 is 40.5. The number of fused-ring (bicyclic) bond motifs is 2. The van der Waals surface area contributed by atoms with Gasteiger partial charge in [-0.1, -0.05) is 11.3 Å². The normalized spacial score (nSPS) is 18.5. The van der Waals surface area contributed by atoms with Gasteiger partial charge >= 0.3 is 0 Å². The molecule has 3 heterocycles. The molecule has 11 heteroatoms. The van der Waals surface area contributed by atoms with Crippen LogP contribution in [0.5, 0.6) is 11.5 Å². The maximum atomic E-state index is 13.3. The summed E-state index contributed by atoms with van der Waals surface area (Å²) in [6, 6.07) is 10.5. The summed E-state index contributed by atoms with van der Waals surface area (Å²) in [4.78, 5) is 13.0. The van der Waals surface area contributed by atoms with Crippen LogP contribution in [0.25, 0.3) is 11.0 Å². The molecule has 2 aliphatic heterocycles. The highest BCUT2D eigenvalue weighted by Crippen LogP contribution is 2.32. The zero-order chi connectivity index (χ0) is 23.9. The van der Waals surface area contributed by atoms with Crippen LogP contribution in [0.15, 0.2) is 41.3 Å². The Balaban J connectivity index is 1.26. The molecule has 5 rings (SSSR count). The summed E-state index contributed by atoms with van der Waals surface area (Å²) in [5.74, 6) is 0.774. The number of rotatable bonds is 6. The highest BCUT2D eigenvalue weighted by Gasteiger charge is 2.33. The van der Waals surface area contributed by atoms with Gasteiger partial charge in [0.1, 0.15) is 5.52 Å². The van der Waals surface area contributed by atoms with Crippen molar-refractivity contribution in [2.45, 2.75) is 44.2 Å². The monoisotopic (exact) mass is 485 g/mol. The number of carbonyl (C=O) groups is 1. The van der Waals surface area contributed by atoms with Crippen LogP contribution in [-0.4, -0.2) is 53.5 Å². The van der Waals surface area contributed by atoms with Gasteiger partial charge in [-0.2, -0.15) is 4.31 Å². The van der Waals surface area contributed by atoms with Crippen LogP contribution in [0, 0.1) is 5.92 Å². The van der Waals surface area contributed by atoms with Crippen molar-refractivity contribution < 1.29 is 22.7 Å². The lowest BCUT2D eigenvalue weighted by Gasteiger charge is -2.31. The van der Waals surface area contributed by atoms with Gasteiger partial charge in [-0.3, -0.25) is 4.79 Å². The Morgan fingerprint density at radius 3 is 2.82 bits per heavy atom. The highest BCUT2D eigenvalue weighted by molar-refractivity contribution is 7.89. The first-order valence-electron chi connectivity index (χ1n) is 11.3. The van der Waals surface area contributed by atoms with E-state index in [1.54, 1.807) is 22.9 Å². The van der Waals surface area contributed by atoms with Crippen molar-refractivity contribution in [3.8, 4) is 11.5 Å². The summed E-state index contributed by atoms with van der Waals surface area (Å²) in [7, 11) is -3.76.